The Morgan fingerprint density at radius 1 is 1.20 bits per heavy atom. The summed E-state index contributed by atoms with van der Waals surface area (Å²) in [6.45, 7) is 1.91. The molecule has 0 bridgehead atoms. The average molecular weight is 371 g/mol. The molecule has 0 unspecified atom stereocenters. The second-order valence-corrected chi connectivity index (χ2v) is 5.89. The minimum Gasteiger partial charge on any atom is -0.422 e. The van der Waals surface area contributed by atoms with Crippen LogP contribution in [-0.4, -0.2) is 25.9 Å². The molecule has 0 radical (unpaired) electrons. The van der Waals surface area contributed by atoms with Crippen molar-refractivity contribution in [2.75, 3.05) is 0 Å². The van der Waals surface area contributed by atoms with Crippen LogP contribution in [0.1, 0.15) is 18.4 Å². The molecule has 0 spiro atoms. The molecule has 0 saturated carbocycles. The number of aromatic nitrogens is 4. The minimum absolute atomic E-state index is 0.0673. The highest BCUT2D eigenvalue weighted by molar-refractivity contribution is 6.34. The number of alkyl halides is 3. The Morgan fingerprint density at radius 2 is 1.92 bits per heavy atom. The van der Waals surface area contributed by atoms with Crippen LogP contribution in [0.3, 0.4) is 0 Å². The summed E-state index contributed by atoms with van der Waals surface area (Å²) in [5.41, 5.74) is 1.39. The van der Waals surface area contributed by atoms with Crippen molar-refractivity contribution in [2.45, 2.75) is 32.5 Å². The molecule has 9 heteroatoms. The Kier molecular flexibility index (Phi) is 4.80. The van der Waals surface area contributed by atoms with Gasteiger partial charge in [-0.1, -0.05) is 17.7 Å². The van der Waals surface area contributed by atoms with Crippen molar-refractivity contribution in [1.29, 1.82) is 0 Å². The van der Waals surface area contributed by atoms with Gasteiger partial charge in [0, 0.05) is 30.7 Å². The third-order valence-corrected chi connectivity index (χ3v) is 3.76. The highest BCUT2D eigenvalue weighted by Crippen LogP contribution is 2.33. The van der Waals surface area contributed by atoms with E-state index in [0.717, 1.165) is 5.56 Å². The maximum absolute atomic E-state index is 12.4. The van der Waals surface area contributed by atoms with E-state index in [4.69, 9.17) is 16.3 Å². The molecule has 0 aliphatic rings. The van der Waals surface area contributed by atoms with E-state index < -0.39 is 12.6 Å². The fraction of sp³-hybridized carbons (Fsp3) is 0.312. The largest absolute Gasteiger partial charge is 0.422 e. The van der Waals surface area contributed by atoms with E-state index in [1.807, 2.05) is 6.92 Å². The smallest absolute Gasteiger partial charge is 0.389 e. The van der Waals surface area contributed by atoms with E-state index in [9.17, 15) is 13.2 Å². The summed E-state index contributed by atoms with van der Waals surface area (Å²) in [6.07, 6.45) is -1.99. The normalized spacial score (nSPS) is 11.9. The average Bonchev–Trinajstić information content (AvgIpc) is 2.86. The van der Waals surface area contributed by atoms with Crippen LogP contribution in [0.25, 0.3) is 10.9 Å². The number of rotatable bonds is 5. The fourth-order valence-electron chi connectivity index (χ4n) is 2.37. The molecule has 2 aromatic heterocycles. The van der Waals surface area contributed by atoms with Crippen molar-refractivity contribution in [3.8, 4) is 11.8 Å². The van der Waals surface area contributed by atoms with Gasteiger partial charge in [0.2, 0.25) is 0 Å². The quantitative estimate of drug-likeness (QED) is 0.639. The van der Waals surface area contributed by atoms with Crippen LogP contribution in [0.15, 0.2) is 30.6 Å². The zero-order valence-corrected chi connectivity index (χ0v) is 14.0. The number of halogens is 4. The highest BCUT2D eigenvalue weighted by atomic mass is 35.5. The molecule has 0 amide bonds. The van der Waals surface area contributed by atoms with Gasteiger partial charge < -0.3 is 4.74 Å². The minimum atomic E-state index is -4.21. The molecule has 25 heavy (non-hydrogen) atoms. The Morgan fingerprint density at radius 3 is 2.60 bits per heavy atom. The summed E-state index contributed by atoms with van der Waals surface area (Å²) >= 11 is 6.10. The molecule has 3 aromatic rings. The summed E-state index contributed by atoms with van der Waals surface area (Å²) in [6, 6.07) is 5.26. The lowest BCUT2D eigenvalue weighted by Crippen LogP contribution is -2.10. The molecule has 0 atom stereocenters. The number of aryl methyl sites for hydroxylation is 2. The number of para-hydroxylation sites is 1. The van der Waals surface area contributed by atoms with Gasteiger partial charge in [-0.25, -0.2) is 9.97 Å². The van der Waals surface area contributed by atoms with Crippen molar-refractivity contribution in [3.63, 3.8) is 0 Å². The monoisotopic (exact) mass is 370 g/mol. The van der Waals surface area contributed by atoms with E-state index in [0.29, 0.717) is 16.7 Å². The fourth-order valence-corrected chi connectivity index (χ4v) is 2.61. The van der Waals surface area contributed by atoms with Crippen LogP contribution in [0.2, 0.25) is 5.15 Å². The molecule has 0 aliphatic carbocycles. The van der Waals surface area contributed by atoms with Crippen LogP contribution >= 0.6 is 11.6 Å². The molecule has 0 N–H and O–H groups in total. The van der Waals surface area contributed by atoms with Crippen LogP contribution < -0.4 is 4.74 Å². The van der Waals surface area contributed by atoms with Gasteiger partial charge in [-0.05, 0) is 31.0 Å². The maximum atomic E-state index is 12.4. The summed E-state index contributed by atoms with van der Waals surface area (Å²) in [4.78, 5) is 8.13. The first-order valence-electron chi connectivity index (χ1n) is 7.52. The van der Waals surface area contributed by atoms with Gasteiger partial charge >= 0.3 is 12.2 Å². The van der Waals surface area contributed by atoms with Crippen LogP contribution in [0.4, 0.5) is 13.2 Å². The zero-order chi connectivity index (χ0) is 18.0. The number of nitrogens with zero attached hydrogens (tertiary/aromatic N) is 4. The molecule has 132 valence electrons. The maximum Gasteiger partial charge on any atom is 0.389 e. The third-order valence-electron chi connectivity index (χ3n) is 3.48. The topological polar surface area (TPSA) is 52.8 Å². The predicted molar refractivity (Wildman–Crippen MR) is 86.9 cm³/mol. The third kappa shape index (κ3) is 4.19. The lowest BCUT2D eigenvalue weighted by molar-refractivity contribution is -0.135. The zero-order valence-electron chi connectivity index (χ0n) is 13.2. The molecular formula is C16H14ClF3N4O. The van der Waals surface area contributed by atoms with Crippen LogP contribution in [-0.2, 0) is 6.54 Å². The molecular weight excluding hydrogens is 357 g/mol. The summed E-state index contributed by atoms with van der Waals surface area (Å²) in [7, 11) is 0. The van der Waals surface area contributed by atoms with Gasteiger partial charge in [-0.3, -0.25) is 4.68 Å². The highest BCUT2D eigenvalue weighted by Gasteiger charge is 2.26. The first-order chi connectivity index (χ1) is 11.8. The summed E-state index contributed by atoms with van der Waals surface area (Å²) in [5, 5.41) is 4.92. The second-order valence-electron chi connectivity index (χ2n) is 5.53. The Labute approximate surface area is 146 Å². The lowest BCUT2D eigenvalue weighted by Gasteiger charge is -2.09. The van der Waals surface area contributed by atoms with Crippen molar-refractivity contribution in [1.82, 2.24) is 19.7 Å². The van der Waals surface area contributed by atoms with E-state index in [1.165, 1.54) is 4.68 Å². The van der Waals surface area contributed by atoms with Crippen molar-refractivity contribution < 1.29 is 17.9 Å². The van der Waals surface area contributed by atoms with E-state index >= 15 is 0 Å². The molecule has 2 heterocycles. The van der Waals surface area contributed by atoms with Crippen LogP contribution in [0.5, 0.6) is 11.8 Å². The van der Waals surface area contributed by atoms with E-state index in [2.05, 4.69) is 15.1 Å². The van der Waals surface area contributed by atoms with Crippen molar-refractivity contribution in [3.05, 3.63) is 41.3 Å². The molecule has 3 rings (SSSR count). The van der Waals surface area contributed by atoms with Gasteiger partial charge in [0.1, 0.15) is 5.52 Å². The van der Waals surface area contributed by atoms with Crippen molar-refractivity contribution >= 4 is 22.5 Å². The summed E-state index contributed by atoms with van der Waals surface area (Å²) < 4.78 is 44.2. The first-order valence-corrected chi connectivity index (χ1v) is 7.89. The number of ether oxygens (including phenoxy) is 1. The number of hydrogen-bond acceptors (Lipinski definition) is 4. The molecule has 5 nitrogen and oxygen atoms in total. The number of hydrogen-bond donors (Lipinski definition) is 0. The number of fused-ring (bicyclic) bond motifs is 1. The van der Waals surface area contributed by atoms with Gasteiger partial charge in [0.25, 0.3) is 0 Å². The lowest BCUT2D eigenvalue weighted by atomic mass is 10.2. The standard InChI is InChI=1S/C16H14ClF3N4O/c1-10-8-21-15(22-9-10)25-12-5-2-4-11-13(12)24(23-14(11)17)7-3-6-16(18,19)20/h2,4-5,8-9H,3,6-7H2,1H3. The van der Waals surface area contributed by atoms with Gasteiger partial charge in [0.15, 0.2) is 10.9 Å². The SMILES string of the molecule is Cc1cnc(Oc2cccc3c(Cl)nn(CCCC(F)(F)F)c23)nc1. The molecule has 0 saturated heterocycles. The number of benzene rings is 1. The Balaban J connectivity index is 1.91. The van der Waals surface area contributed by atoms with Gasteiger partial charge in [0.05, 0.1) is 0 Å². The Hall–Kier alpha value is -2.35. The van der Waals surface area contributed by atoms with Crippen LogP contribution in [0, 0.1) is 6.92 Å². The second kappa shape index (κ2) is 6.87. The Bertz CT molecular complexity index is 877. The molecule has 0 aliphatic heterocycles. The first kappa shape index (κ1) is 17.5. The molecule has 0 fully saturated rings. The van der Waals surface area contributed by atoms with E-state index in [1.54, 1.807) is 30.6 Å². The van der Waals surface area contributed by atoms with Gasteiger partial charge in [-0.2, -0.15) is 18.3 Å². The van der Waals surface area contributed by atoms with Crippen molar-refractivity contribution in [2.24, 2.45) is 0 Å². The van der Waals surface area contributed by atoms with E-state index in [-0.39, 0.29) is 24.1 Å². The van der Waals surface area contributed by atoms with Gasteiger partial charge in [-0.15, -0.1) is 0 Å². The predicted octanol–water partition coefficient (Wildman–Crippen LogP) is 4.92. The summed E-state index contributed by atoms with van der Waals surface area (Å²) in [5.74, 6) is 0.382. The molecule has 1 aromatic carbocycles.